The zero-order valence-electron chi connectivity index (χ0n) is 26.4. The fourth-order valence-corrected chi connectivity index (χ4v) is 7.47. The fourth-order valence-electron chi connectivity index (χ4n) is 7.47. The summed E-state index contributed by atoms with van der Waals surface area (Å²) in [6, 6.07) is 1.40. The van der Waals surface area contributed by atoms with E-state index >= 15 is 0 Å². The Hall–Kier alpha value is -3.45. The molecule has 1 aromatic rings. The largest absolute Gasteiger partial charge is 0.472 e. The molecule has 13 nitrogen and oxygen atoms in total. The van der Waals surface area contributed by atoms with Crippen LogP contribution < -0.4 is 0 Å². The highest BCUT2D eigenvalue weighted by molar-refractivity contribution is 5.89. The molecule has 0 aromatic carbocycles. The number of carbonyl (C=O) groups is 5. The average molecular weight is 623 g/mol. The lowest BCUT2D eigenvalue weighted by Crippen LogP contribution is -2.83. The Morgan fingerprint density at radius 1 is 0.977 bits per heavy atom. The lowest BCUT2D eigenvalue weighted by Gasteiger charge is -2.65. The van der Waals surface area contributed by atoms with E-state index in [1.165, 1.54) is 32.4 Å². The number of aliphatic hydroxyl groups is 1. The molecule has 244 valence electrons. The maximum Gasteiger partial charge on any atom is 0.341 e. The first-order chi connectivity index (χ1) is 20.4. The van der Waals surface area contributed by atoms with Gasteiger partial charge in [-0.3, -0.25) is 19.2 Å². The van der Waals surface area contributed by atoms with Gasteiger partial charge in [0.15, 0.2) is 11.7 Å². The summed E-state index contributed by atoms with van der Waals surface area (Å²) in [7, 11) is 0. The van der Waals surface area contributed by atoms with Crippen LogP contribution in [0.4, 0.5) is 0 Å². The highest BCUT2D eigenvalue weighted by Gasteiger charge is 2.86. The van der Waals surface area contributed by atoms with Gasteiger partial charge in [0.1, 0.15) is 36.6 Å². The molecule has 0 amide bonds. The van der Waals surface area contributed by atoms with E-state index in [0.717, 1.165) is 13.8 Å². The van der Waals surface area contributed by atoms with Gasteiger partial charge in [-0.05, 0) is 39.7 Å². The molecule has 3 aliphatic rings. The minimum atomic E-state index is -2.01. The maximum absolute atomic E-state index is 13.5. The van der Waals surface area contributed by atoms with Gasteiger partial charge in [-0.15, -0.1) is 0 Å². The smallest absolute Gasteiger partial charge is 0.341 e. The number of fused-ring (bicyclic) bond motifs is 1. The molecule has 1 spiro atoms. The van der Waals surface area contributed by atoms with Crippen molar-refractivity contribution in [3.05, 3.63) is 24.2 Å². The second kappa shape index (κ2) is 11.8. The number of furan rings is 1. The zero-order valence-corrected chi connectivity index (χ0v) is 26.4. The standard InChI is InChI=1S/C31H42O13/c1-9-16(2)26(35)39-15-30-23(43-27(36)20-10-11-38-14-20)12-21-24(41-18(4)33)31(30,44-28(21,6)7)29(8,37)13-22(40-17(3)32)25(30)42-19(5)34/h10-11,14,16,21-25,37H,9,12-13,15H2,1-8H3/t16-,21-,22+,23+,24-,25+,29+,30-,31+/m1/s1. The van der Waals surface area contributed by atoms with Crippen LogP contribution in [-0.4, -0.2) is 82.8 Å². The van der Waals surface area contributed by atoms with E-state index < -0.39 is 94.9 Å². The Morgan fingerprint density at radius 3 is 2.14 bits per heavy atom. The molecule has 2 aliphatic carbocycles. The van der Waals surface area contributed by atoms with Crippen LogP contribution in [0.1, 0.15) is 85.0 Å². The van der Waals surface area contributed by atoms with Crippen LogP contribution in [0.3, 0.4) is 0 Å². The molecule has 0 radical (unpaired) electrons. The summed E-state index contributed by atoms with van der Waals surface area (Å²) in [5.41, 5.74) is -7.01. The highest BCUT2D eigenvalue weighted by Crippen LogP contribution is 2.69. The number of hydrogen-bond acceptors (Lipinski definition) is 13. The maximum atomic E-state index is 13.5. The van der Waals surface area contributed by atoms with Gasteiger partial charge in [0.25, 0.3) is 0 Å². The first-order valence-electron chi connectivity index (χ1n) is 14.8. The lowest BCUT2D eigenvalue weighted by molar-refractivity contribution is -0.356. The van der Waals surface area contributed by atoms with Gasteiger partial charge in [0.2, 0.25) is 0 Å². The fraction of sp³-hybridized carbons (Fsp3) is 0.710. The Balaban J connectivity index is 2.06. The Morgan fingerprint density at radius 2 is 1.59 bits per heavy atom. The molecule has 1 saturated heterocycles. The van der Waals surface area contributed by atoms with Crippen molar-refractivity contribution in [2.45, 2.75) is 116 Å². The molecule has 13 heteroatoms. The second-order valence-corrected chi connectivity index (χ2v) is 12.8. The molecule has 1 aromatic heterocycles. The number of hydrogen-bond donors (Lipinski definition) is 1. The van der Waals surface area contributed by atoms with E-state index in [-0.39, 0.29) is 18.4 Å². The van der Waals surface area contributed by atoms with Gasteiger partial charge in [-0.2, -0.15) is 0 Å². The van der Waals surface area contributed by atoms with Gasteiger partial charge < -0.3 is 37.9 Å². The Labute approximate surface area is 255 Å². The number of esters is 5. The minimum Gasteiger partial charge on any atom is -0.472 e. The van der Waals surface area contributed by atoms with Crippen molar-refractivity contribution < 1.29 is 61.9 Å². The van der Waals surface area contributed by atoms with Crippen LogP contribution >= 0.6 is 0 Å². The summed E-state index contributed by atoms with van der Waals surface area (Å²) >= 11 is 0. The molecular weight excluding hydrogens is 580 g/mol. The van der Waals surface area contributed by atoms with Gasteiger partial charge >= 0.3 is 29.8 Å². The third-order valence-corrected chi connectivity index (χ3v) is 9.44. The third kappa shape index (κ3) is 5.38. The normalized spacial score (nSPS) is 35.9. The van der Waals surface area contributed by atoms with Crippen molar-refractivity contribution in [3.8, 4) is 0 Å². The first kappa shape index (κ1) is 33.4. The molecule has 9 atom stereocenters. The van der Waals surface area contributed by atoms with Crippen molar-refractivity contribution in [1.82, 2.24) is 0 Å². The summed E-state index contributed by atoms with van der Waals surface area (Å²) in [6.07, 6.45) is -2.71. The van der Waals surface area contributed by atoms with Crippen LogP contribution in [-0.2, 0) is 47.6 Å². The van der Waals surface area contributed by atoms with Gasteiger partial charge in [-0.1, -0.05) is 13.8 Å². The summed E-state index contributed by atoms with van der Waals surface area (Å²) in [4.78, 5) is 64.5. The molecule has 0 unspecified atom stereocenters. The van der Waals surface area contributed by atoms with Gasteiger partial charge in [0, 0.05) is 33.1 Å². The van der Waals surface area contributed by atoms with Crippen molar-refractivity contribution >= 4 is 29.8 Å². The Bertz CT molecular complexity index is 1280. The second-order valence-electron chi connectivity index (χ2n) is 12.8. The van der Waals surface area contributed by atoms with Crippen molar-refractivity contribution in [1.29, 1.82) is 0 Å². The molecule has 2 saturated carbocycles. The summed E-state index contributed by atoms with van der Waals surface area (Å²) in [6.45, 7) is 11.3. The zero-order chi connectivity index (χ0) is 32.8. The van der Waals surface area contributed by atoms with Crippen molar-refractivity contribution in [3.63, 3.8) is 0 Å². The lowest BCUT2D eigenvalue weighted by atomic mass is 9.46. The number of rotatable bonds is 9. The van der Waals surface area contributed by atoms with Crippen LogP contribution in [0.25, 0.3) is 0 Å². The highest BCUT2D eigenvalue weighted by atomic mass is 16.6. The molecule has 1 aliphatic heterocycles. The van der Waals surface area contributed by atoms with E-state index in [9.17, 15) is 29.1 Å². The Kier molecular flexibility index (Phi) is 8.98. The number of ether oxygens (including phenoxy) is 6. The van der Waals surface area contributed by atoms with E-state index in [1.54, 1.807) is 27.7 Å². The predicted molar refractivity (Wildman–Crippen MR) is 149 cm³/mol. The molecule has 1 N–H and O–H groups in total. The van der Waals surface area contributed by atoms with Crippen LogP contribution in [0.15, 0.2) is 23.0 Å². The van der Waals surface area contributed by atoms with Gasteiger partial charge in [0.05, 0.1) is 28.9 Å². The SMILES string of the molecule is CC[C@@H](C)C(=O)OC[C@]12[C@@H](OC(=O)c3ccoc3)C[C@@H]3[C@@H](OC(C)=O)[C@]1(OC3(C)C)[C@@](C)(O)C[C@H](OC(C)=O)[C@@H]2OC(C)=O. The monoisotopic (exact) mass is 622 g/mol. The average Bonchev–Trinajstić information content (AvgIpc) is 3.50. The number of carbonyl (C=O) groups excluding carboxylic acids is 5. The first-order valence-corrected chi connectivity index (χ1v) is 14.8. The van der Waals surface area contributed by atoms with E-state index in [0.29, 0.717) is 6.42 Å². The van der Waals surface area contributed by atoms with E-state index in [2.05, 4.69) is 0 Å². The summed E-state index contributed by atoms with van der Waals surface area (Å²) in [5, 5.41) is 12.5. The molecule has 3 fully saturated rings. The van der Waals surface area contributed by atoms with Crippen molar-refractivity contribution in [2.75, 3.05) is 6.61 Å². The molecule has 4 rings (SSSR count). The van der Waals surface area contributed by atoms with Crippen molar-refractivity contribution in [2.24, 2.45) is 17.3 Å². The van der Waals surface area contributed by atoms with E-state index in [1.807, 2.05) is 0 Å². The molecular formula is C31H42O13. The van der Waals surface area contributed by atoms with Crippen LogP contribution in [0.2, 0.25) is 0 Å². The predicted octanol–water partition coefficient (Wildman–Crippen LogP) is 2.90. The summed E-state index contributed by atoms with van der Waals surface area (Å²) < 4.78 is 41.5. The molecule has 2 bridgehead atoms. The van der Waals surface area contributed by atoms with Crippen LogP contribution in [0, 0.1) is 17.3 Å². The quantitative estimate of drug-likeness (QED) is 0.315. The minimum absolute atomic E-state index is 0.0300. The van der Waals surface area contributed by atoms with E-state index in [4.69, 9.17) is 32.8 Å². The molecule has 2 heterocycles. The third-order valence-electron chi connectivity index (χ3n) is 9.44. The van der Waals surface area contributed by atoms with Gasteiger partial charge in [-0.25, -0.2) is 4.79 Å². The summed E-state index contributed by atoms with van der Waals surface area (Å²) in [5.74, 6) is -4.84. The topological polar surface area (TPSA) is 174 Å². The molecule has 44 heavy (non-hydrogen) atoms. The van der Waals surface area contributed by atoms with Crippen LogP contribution in [0.5, 0.6) is 0 Å².